The first-order chi connectivity index (χ1) is 14.6. The molecule has 0 saturated carbocycles. The first-order valence-electron chi connectivity index (χ1n) is 10.2. The Morgan fingerprint density at radius 1 is 1.33 bits per heavy atom. The number of hydrogen-bond donors (Lipinski definition) is 0. The molecule has 4 rings (SSSR count). The second-order valence-corrected chi connectivity index (χ2v) is 8.49. The molecule has 1 aliphatic rings. The molecule has 1 aliphatic heterocycles. The van der Waals surface area contributed by atoms with Crippen LogP contribution in [-0.2, 0) is 17.9 Å². The third-order valence-corrected chi connectivity index (χ3v) is 6.27. The Labute approximate surface area is 179 Å². The van der Waals surface area contributed by atoms with Crippen molar-refractivity contribution in [2.24, 2.45) is 5.92 Å². The number of hydrogen-bond acceptors (Lipinski definition) is 6. The van der Waals surface area contributed by atoms with E-state index in [9.17, 15) is 9.18 Å². The molecule has 1 fully saturated rings. The second kappa shape index (κ2) is 9.49. The summed E-state index contributed by atoms with van der Waals surface area (Å²) in [5, 5.41) is 6.00. The first-order valence-corrected chi connectivity index (χ1v) is 11.1. The van der Waals surface area contributed by atoms with E-state index >= 15 is 0 Å². The van der Waals surface area contributed by atoms with Crippen LogP contribution < -0.4 is 0 Å². The summed E-state index contributed by atoms with van der Waals surface area (Å²) >= 11 is 1.55. The second-order valence-electron chi connectivity index (χ2n) is 7.54. The lowest BCUT2D eigenvalue weighted by molar-refractivity contribution is -0.138. The zero-order valence-corrected chi connectivity index (χ0v) is 17.8. The third kappa shape index (κ3) is 4.94. The minimum absolute atomic E-state index is 0.0566. The zero-order valence-electron chi connectivity index (χ0n) is 17.0. The fraction of sp³-hybridized carbons (Fsp3) is 0.409. The van der Waals surface area contributed by atoms with Gasteiger partial charge >= 0.3 is 0 Å². The molecule has 3 heterocycles. The minimum Gasteiger partial charge on any atom is -0.337 e. The maximum Gasteiger partial charge on any atom is 0.246 e. The molecule has 0 spiro atoms. The van der Waals surface area contributed by atoms with Gasteiger partial charge in [0.2, 0.25) is 17.6 Å². The Kier molecular flexibility index (Phi) is 6.54. The molecule has 6 nitrogen and oxygen atoms in total. The molecule has 2 aromatic heterocycles. The average molecular weight is 429 g/mol. The van der Waals surface area contributed by atoms with Gasteiger partial charge in [0, 0.05) is 19.6 Å². The van der Waals surface area contributed by atoms with E-state index < -0.39 is 0 Å². The van der Waals surface area contributed by atoms with Crippen molar-refractivity contribution in [1.29, 1.82) is 0 Å². The van der Waals surface area contributed by atoms with Gasteiger partial charge in [0.15, 0.2) is 0 Å². The monoisotopic (exact) mass is 428 g/mol. The number of halogens is 1. The Balaban J connectivity index is 1.37. The smallest absolute Gasteiger partial charge is 0.246 e. The molecule has 0 bridgehead atoms. The summed E-state index contributed by atoms with van der Waals surface area (Å²) < 4.78 is 18.5. The number of thiophene rings is 1. The molecule has 1 atom stereocenters. The number of amides is 1. The van der Waals surface area contributed by atoms with Gasteiger partial charge in [-0.05, 0) is 55.5 Å². The van der Waals surface area contributed by atoms with Crippen LogP contribution in [0.25, 0.3) is 10.7 Å². The van der Waals surface area contributed by atoms with Gasteiger partial charge in [-0.15, -0.1) is 11.3 Å². The van der Waals surface area contributed by atoms with Gasteiger partial charge in [0.05, 0.1) is 17.3 Å². The van der Waals surface area contributed by atoms with Crippen molar-refractivity contribution in [3.8, 4) is 10.7 Å². The maximum atomic E-state index is 13.2. The number of likely N-dealkylation sites (tertiary alicyclic amines) is 1. The number of piperidine rings is 1. The SMILES string of the molecule is CCN(Cc1nc(-c2cccs2)no1)C(=O)C1CCCN(Cc2ccc(F)cc2)C1. The van der Waals surface area contributed by atoms with E-state index in [0.29, 0.717) is 31.3 Å². The highest BCUT2D eigenvalue weighted by molar-refractivity contribution is 7.13. The van der Waals surface area contributed by atoms with E-state index in [4.69, 9.17) is 4.52 Å². The number of carbonyl (C=O) groups is 1. The normalized spacial score (nSPS) is 17.2. The lowest BCUT2D eigenvalue weighted by Crippen LogP contribution is -2.44. The van der Waals surface area contributed by atoms with E-state index in [1.54, 1.807) is 28.4 Å². The molecule has 1 saturated heterocycles. The number of benzene rings is 1. The predicted molar refractivity (Wildman–Crippen MR) is 113 cm³/mol. The lowest BCUT2D eigenvalue weighted by atomic mass is 9.96. The van der Waals surface area contributed by atoms with E-state index in [1.165, 1.54) is 12.1 Å². The fourth-order valence-corrected chi connectivity index (χ4v) is 4.49. The van der Waals surface area contributed by atoms with E-state index in [0.717, 1.165) is 36.4 Å². The molecule has 0 aliphatic carbocycles. The highest BCUT2D eigenvalue weighted by atomic mass is 32.1. The molecular formula is C22H25FN4O2S. The molecule has 30 heavy (non-hydrogen) atoms. The highest BCUT2D eigenvalue weighted by Crippen LogP contribution is 2.24. The van der Waals surface area contributed by atoms with Gasteiger partial charge < -0.3 is 9.42 Å². The zero-order chi connectivity index (χ0) is 20.9. The molecule has 1 unspecified atom stereocenters. The van der Waals surface area contributed by atoms with Crippen molar-refractivity contribution >= 4 is 17.2 Å². The summed E-state index contributed by atoms with van der Waals surface area (Å²) in [5.74, 6) is 0.850. The van der Waals surface area contributed by atoms with Crippen LogP contribution >= 0.6 is 11.3 Å². The minimum atomic E-state index is -0.229. The van der Waals surface area contributed by atoms with Crippen LogP contribution in [-0.4, -0.2) is 45.5 Å². The summed E-state index contributed by atoms with van der Waals surface area (Å²) in [6, 6.07) is 10.5. The topological polar surface area (TPSA) is 62.5 Å². The first kappa shape index (κ1) is 20.7. The quantitative estimate of drug-likeness (QED) is 0.564. The summed E-state index contributed by atoms with van der Waals surface area (Å²) in [6.45, 7) is 5.25. The van der Waals surface area contributed by atoms with Crippen molar-refractivity contribution in [1.82, 2.24) is 19.9 Å². The maximum absolute atomic E-state index is 13.2. The van der Waals surface area contributed by atoms with Gasteiger partial charge in [-0.3, -0.25) is 9.69 Å². The van der Waals surface area contributed by atoms with Gasteiger partial charge in [-0.25, -0.2) is 4.39 Å². The van der Waals surface area contributed by atoms with Gasteiger partial charge in [0.25, 0.3) is 0 Å². The Bertz CT molecular complexity index is 958. The van der Waals surface area contributed by atoms with Crippen LogP contribution in [0.1, 0.15) is 31.2 Å². The van der Waals surface area contributed by atoms with Crippen LogP contribution in [0.2, 0.25) is 0 Å². The van der Waals surface area contributed by atoms with Crippen molar-refractivity contribution in [2.45, 2.75) is 32.9 Å². The Morgan fingerprint density at radius 3 is 2.90 bits per heavy atom. The van der Waals surface area contributed by atoms with Crippen molar-refractivity contribution < 1.29 is 13.7 Å². The van der Waals surface area contributed by atoms with Crippen molar-refractivity contribution in [2.75, 3.05) is 19.6 Å². The number of aromatic nitrogens is 2. The predicted octanol–water partition coefficient (Wildman–Crippen LogP) is 4.20. The molecule has 1 amide bonds. The van der Waals surface area contributed by atoms with Crippen LogP contribution in [0.3, 0.4) is 0 Å². The number of carbonyl (C=O) groups excluding carboxylic acids is 1. The van der Waals surface area contributed by atoms with E-state index in [-0.39, 0.29) is 17.6 Å². The molecule has 158 valence electrons. The molecular weight excluding hydrogens is 403 g/mol. The number of rotatable bonds is 7. The average Bonchev–Trinajstić information content (AvgIpc) is 3.45. The van der Waals surface area contributed by atoms with Gasteiger partial charge in [0.1, 0.15) is 5.82 Å². The van der Waals surface area contributed by atoms with Crippen LogP contribution in [0.5, 0.6) is 0 Å². The van der Waals surface area contributed by atoms with Crippen LogP contribution in [0.15, 0.2) is 46.3 Å². The lowest BCUT2D eigenvalue weighted by Gasteiger charge is -2.34. The van der Waals surface area contributed by atoms with E-state index in [1.807, 2.05) is 24.4 Å². The third-order valence-electron chi connectivity index (χ3n) is 5.40. The Hall–Kier alpha value is -2.58. The molecule has 8 heteroatoms. The van der Waals surface area contributed by atoms with Crippen LogP contribution in [0.4, 0.5) is 4.39 Å². The van der Waals surface area contributed by atoms with E-state index in [2.05, 4.69) is 15.0 Å². The molecule has 1 aromatic carbocycles. The number of nitrogens with zero attached hydrogens (tertiary/aromatic N) is 4. The molecule has 3 aromatic rings. The fourth-order valence-electron chi connectivity index (χ4n) is 3.84. The largest absolute Gasteiger partial charge is 0.337 e. The standard InChI is InChI=1S/C22H25FN4O2S/c1-2-27(15-20-24-21(25-29-20)19-6-4-12-30-19)22(28)17-5-3-11-26(14-17)13-16-7-9-18(23)10-8-16/h4,6-10,12,17H,2-3,5,11,13-15H2,1H3. The van der Waals surface area contributed by atoms with Crippen molar-refractivity contribution in [3.05, 3.63) is 59.0 Å². The van der Waals surface area contributed by atoms with Crippen LogP contribution in [0, 0.1) is 11.7 Å². The van der Waals surface area contributed by atoms with Gasteiger partial charge in [-0.1, -0.05) is 23.4 Å². The molecule has 0 radical (unpaired) electrons. The van der Waals surface area contributed by atoms with Gasteiger partial charge in [-0.2, -0.15) is 4.98 Å². The Morgan fingerprint density at radius 2 is 2.17 bits per heavy atom. The highest BCUT2D eigenvalue weighted by Gasteiger charge is 2.29. The molecule has 0 N–H and O–H groups in total. The van der Waals surface area contributed by atoms with Crippen molar-refractivity contribution in [3.63, 3.8) is 0 Å². The summed E-state index contributed by atoms with van der Waals surface area (Å²) in [7, 11) is 0. The summed E-state index contributed by atoms with van der Waals surface area (Å²) in [4.78, 5) is 22.6. The summed E-state index contributed by atoms with van der Waals surface area (Å²) in [6.07, 6.45) is 1.85. The summed E-state index contributed by atoms with van der Waals surface area (Å²) in [5.41, 5.74) is 1.06.